The van der Waals surface area contributed by atoms with Crippen LogP contribution >= 0.6 is 0 Å². The zero-order valence-electron chi connectivity index (χ0n) is 30.7. The number of hydrogen-bond donors (Lipinski definition) is 1. The van der Waals surface area contributed by atoms with E-state index in [1.165, 1.54) is 42.5 Å². The van der Waals surface area contributed by atoms with Crippen LogP contribution in [0.25, 0.3) is 11.1 Å². The molecular weight excluding hydrogens is 799 g/mol. The predicted molar refractivity (Wildman–Crippen MR) is 203 cm³/mol. The third-order valence-corrected chi connectivity index (χ3v) is 10.4. The molecule has 0 atom stereocenters. The first kappa shape index (κ1) is 41.7. The molecule has 0 unspecified atom stereocenters. The van der Waals surface area contributed by atoms with Crippen molar-refractivity contribution in [2.75, 3.05) is 0 Å². The van der Waals surface area contributed by atoms with E-state index in [1.54, 1.807) is 38.1 Å². The molecule has 59 heavy (non-hydrogen) atoms. The lowest BCUT2D eigenvalue weighted by Crippen LogP contribution is -2.54. The minimum atomic E-state index is -5.89. The molecule has 0 fully saturated rings. The number of nitrogens with zero attached hydrogens (tertiary/aromatic N) is 2. The first-order chi connectivity index (χ1) is 27.8. The quantitative estimate of drug-likeness (QED) is 0.0818. The van der Waals surface area contributed by atoms with E-state index >= 15 is 0 Å². The molecule has 6 aromatic rings. The zero-order valence-corrected chi connectivity index (χ0v) is 31.5. The van der Waals surface area contributed by atoms with Gasteiger partial charge in [-0.05, 0) is 96.3 Å². The first-order valence-corrected chi connectivity index (χ1v) is 18.7. The largest absolute Gasteiger partial charge is 0.456 e. The fourth-order valence-electron chi connectivity index (χ4n) is 6.61. The van der Waals surface area contributed by atoms with Gasteiger partial charge in [-0.3, -0.25) is 9.35 Å². The molecule has 0 aromatic heterocycles. The molecule has 0 bridgehead atoms. The van der Waals surface area contributed by atoms with Gasteiger partial charge in [0.05, 0.1) is 10.5 Å². The average molecular weight is 827 g/mol. The Morgan fingerprint density at radius 2 is 1.14 bits per heavy atom. The van der Waals surface area contributed by atoms with Crippen molar-refractivity contribution in [3.05, 3.63) is 172 Å². The molecule has 1 N–H and O–H groups in total. The Kier molecular flexibility index (Phi) is 11.1. The van der Waals surface area contributed by atoms with Crippen LogP contribution in [0.1, 0.15) is 49.3 Å². The number of halogens is 6. The van der Waals surface area contributed by atoms with Crippen molar-refractivity contribution in [3.63, 3.8) is 0 Å². The van der Waals surface area contributed by atoms with Gasteiger partial charge in [0, 0.05) is 16.7 Å². The van der Waals surface area contributed by atoms with Crippen molar-refractivity contribution in [1.29, 1.82) is 10.5 Å². The van der Waals surface area contributed by atoms with Gasteiger partial charge in [0.25, 0.3) is 10.1 Å². The third-order valence-electron chi connectivity index (χ3n) is 9.55. The van der Waals surface area contributed by atoms with E-state index in [-0.39, 0.29) is 50.8 Å². The number of ether oxygens (including phenoxy) is 2. The van der Waals surface area contributed by atoms with E-state index in [9.17, 15) is 54.6 Å². The summed E-state index contributed by atoms with van der Waals surface area (Å²) in [5.41, 5.74) is -4.99. The van der Waals surface area contributed by atoms with Crippen molar-refractivity contribution in [2.24, 2.45) is 0 Å². The molecule has 15 heteroatoms. The number of hydrogen-bond acceptors (Lipinski definition) is 7. The second-order valence-corrected chi connectivity index (χ2v) is 14.6. The van der Waals surface area contributed by atoms with Crippen LogP contribution in [-0.4, -0.2) is 31.1 Å². The molecule has 0 saturated heterocycles. The smallest absolute Gasteiger partial charge is 0.411 e. The van der Waals surface area contributed by atoms with Crippen LogP contribution in [0.4, 0.5) is 26.3 Å². The minimum absolute atomic E-state index is 0.0410. The normalized spacial score (nSPS) is 12.0. The molecule has 0 amide bonds. The summed E-state index contributed by atoms with van der Waals surface area (Å²) in [4.78, 5) is 13.0. The van der Waals surface area contributed by atoms with Crippen molar-refractivity contribution in [1.82, 2.24) is 0 Å². The summed E-state index contributed by atoms with van der Waals surface area (Å²) < 4.78 is 134. The number of alkyl halides is 6. The summed E-state index contributed by atoms with van der Waals surface area (Å²) in [5, 5.41) is 19.7. The highest BCUT2D eigenvalue weighted by Gasteiger charge is 2.72. The number of carbonyl (C=O) groups excluding carboxylic acids is 1. The summed E-state index contributed by atoms with van der Waals surface area (Å²) in [7, 11) is -4.61. The van der Waals surface area contributed by atoms with Crippen LogP contribution in [-0.2, 0) is 15.5 Å². The molecule has 0 aliphatic heterocycles. The number of benzene rings is 6. The molecular formula is C44H28F6N2O6S. The molecule has 298 valence electrons. The van der Waals surface area contributed by atoms with Crippen LogP contribution in [0.15, 0.2) is 132 Å². The zero-order chi connectivity index (χ0) is 42.9. The van der Waals surface area contributed by atoms with Crippen LogP contribution in [0.5, 0.6) is 23.0 Å². The van der Waals surface area contributed by atoms with E-state index < -0.39 is 49.7 Å². The maximum absolute atomic E-state index is 14.9. The van der Waals surface area contributed by atoms with E-state index in [2.05, 4.69) is 0 Å². The van der Waals surface area contributed by atoms with E-state index in [1.807, 2.05) is 12.1 Å². The van der Waals surface area contributed by atoms with E-state index in [0.29, 0.717) is 41.0 Å². The van der Waals surface area contributed by atoms with E-state index in [4.69, 9.17) is 9.47 Å². The Bertz CT molecular complexity index is 2770. The fourth-order valence-corrected chi connectivity index (χ4v) is 7.14. The maximum Gasteiger partial charge on any atom is 0.411 e. The summed E-state index contributed by atoms with van der Waals surface area (Å²) in [6.07, 6.45) is -11.8. The van der Waals surface area contributed by atoms with Gasteiger partial charge in [-0.15, -0.1) is 0 Å². The average Bonchev–Trinajstić information content (AvgIpc) is 3.18. The molecule has 6 aromatic carbocycles. The summed E-state index contributed by atoms with van der Waals surface area (Å²) in [6, 6.07) is 28.8. The third kappa shape index (κ3) is 7.98. The monoisotopic (exact) mass is 826 g/mol. The summed E-state index contributed by atoms with van der Waals surface area (Å²) in [6.45, 7) is 3.27. The lowest BCUT2D eigenvalue weighted by atomic mass is 9.73. The van der Waals surface area contributed by atoms with Crippen molar-refractivity contribution in [2.45, 2.75) is 36.5 Å². The van der Waals surface area contributed by atoms with Crippen LogP contribution < -0.4 is 9.47 Å². The molecule has 0 radical (unpaired) electrons. The Morgan fingerprint density at radius 1 is 0.627 bits per heavy atom. The molecule has 0 heterocycles. The molecule has 0 saturated carbocycles. The lowest BCUT2D eigenvalue weighted by molar-refractivity contribution is -0.288. The summed E-state index contributed by atoms with van der Waals surface area (Å²) >= 11 is 0. The van der Waals surface area contributed by atoms with Gasteiger partial charge in [-0.2, -0.15) is 45.3 Å². The van der Waals surface area contributed by atoms with Gasteiger partial charge in [-0.1, -0.05) is 72.8 Å². The Morgan fingerprint density at radius 3 is 1.64 bits per heavy atom. The van der Waals surface area contributed by atoms with Crippen molar-refractivity contribution >= 4 is 15.9 Å². The Hall–Kier alpha value is -6.94. The molecule has 8 nitrogen and oxygen atoms in total. The SMILES string of the molecule is Cc1ccc(-c2cccc(Oc3ccc(C(c4ccc(Oc5cccc(C)c5C#N)cc4)(C(F)(F)F)C(F)(F)F)cc3)c2C#N)cc1C(=O)c1cccc(S(=O)(=O)O)c1. The van der Waals surface area contributed by atoms with Gasteiger partial charge < -0.3 is 9.47 Å². The number of nitriles is 2. The van der Waals surface area contributed by atoms with Crippen LogP contribution in [0.3, 0.4) is 0 Å². The summed E-state index contributed by atoms with van der Waals surface area (Å²) in [5.74, 6) is -0.925. The van der Waals surface area contributed by atoms with Crippen molar-refractivity contribution in [3.8, 4) is 46.3 Å². The maximum atomic E-state index is 14.9. The highest BCUT2D eigenvalue weighted by Crippen LogP contribution is 2.56. The molecule has 0 aliphatic rings. The van der Waals surface area contributed by atoms with Gasteiger partial charge in [0.1, 0.15) is 40.7 Å². The minimum Gasteiger partial charge on any atom is -0.456 e. The molecule has 0 spiro atoms. The van der Waals surface area contributed by atoms with Crippen molar-refractivity contribution < 1.29 is 53.6 Å². The topological polar surface area (TPSA) is 137 Å². The molecule has 6 rings (SSSR count). The standard InChI is InChI=1S/C44H28F6N2O6S/c1-26-6-3-10-39(37(26)24-51)57-32-18-14-30(15-19-32)42(43(45,46)47,44(48,49)50)31-16-20-33(21-17-31)58-40-11-5-9-35(38(40)25-52)28-13-12-27(2)36(23-28)41(53)29-7-4-8-34(22-29)59(54,55)56/h3-23H,1-2H3,(H,54,55,56). The highest BCUT2D eigenvalue weighted by molar-refractivity contribution is 7.85. The Balaban J connectivity index is 1.33. The van der Waals surface area contributed by atoms with Gasteiger partial charge in [0.2, 0.25) is 5.41 Å². The van der Waals surface area contributed by atoms with Crippen LogP contribution in [0.2, 0.25) is 0 Å². The number of rotatable bonds is 10. The van der Waals surface area contributed by atoms with Gasteiger partial charge in [-0.25, -0.2) is 0 Å². The van der Waals surface area contributed by atoms with Gasteiger partial charge >= 0.3 is 12.4 Å². The van der Waals surface area contributed by atoms with Crippen LogP contribution in [0, 0.1) is 36.5 Å². The van der Waals surface area contributed by atoms with E-state index in [0.717, 1.165) is 36.4 Å². The molecule has 0 aliphatic carbocycles. The first-order valence-electron chi connectivity index (χ1n) is 17.3. The second-order valence-electron chi connectivity index (χ2n) is 13.2. The van der Waals surface area contributed by atoms with Gasteiger partial charge in [0.15, 0.2) is 5.78 Å². The second kappa shape index (κ2) is 15.8. The fraction of sp³-hybridized carbons (Fsp3) is 0.114. The Labute approximate surface area is 333 Å². The highest BCUT2D eigenvalue weighted by atomic mass is 32.2. The number of carbonyl (C=O) groups is 1. The number of aryl methyl sites for hydroxylation is 2. The number of ketones is 1. The predicted octanol–water partition coefficient (Wildman–Crippen LogP) is 11.2. The lowest BCUT2D eigenvalue weighted by Gasteiger charge is -2.38.